The van der Waals surface area contributed by atoms with Gasteiger partial charge in [-0.05, 0) is 23.3 Å². The third-order valence-corrected chi connectivity index (χ3v) is 4.16. The quantitative estimate of drug-likeness (QED) is 0.727. The number of hydrogen-bond donors (Lipinski definition) is 2. The molecule has 1 atom stereocenters. The molecule has 0 saturated heterocycles. The molecular formula is C20H22N4O. The molecule has 0 radical (unpaired) electrons. The van der Waals surface area contributed by atoms with Crippen LogP contribution in [0.2, 0.25) is 0 Å². The molecule has 0 spiro atoms. The van der Waals surface area contributed by atoms with E-state index in [0.717, 1.165) is 27.8 Å². The number of carbonyl (C=O) groups excluding carboxylic acids is 1. The highest BCUT2D eigenvalue weighted by molar-refractivity contribution is 5.84. The van der Waals surface area contributed by atoms with Crippen molar-refractivity contribution in [3.8, 4) is 0 Å². The predicted molar refractivity (Wildman–Crippen MR) is 101 cm³/mol. The van der Waals surface area contributed by atoms with Gasteiger partial charge in [-0.15, -0.1) is 0 Å². The molecule has 2 aromatic carbocycles. The lowest BCUT2D eigenvalue weighted by Gasteiger charge is -2.19. The SMILES string of the molecule is CN(C)c1cc(CN[C@H](C(N)=O)c2ccccc2)c2ccccc2n1. The number of carbonyl (C=O) groups is 1. The van der Waals surface area contributed by atoms with Crippen LogP contribution in [0.15, 0.2) is 60.7 Å². The molecule has 3 aromatic rings. The Morgan fingerprint density at radius 3 is 2.48 bits per heavy atom. The van der Waals surface area contributed by atoms with Crippen LogP contribution in [0.4, 0.5) is 5.82 Å². The standard InChI is InChI=1S/C20H22N4O/c1-24(2)18-12-15(16-10-6-7-11-17(16)23-18)13-22-19(20(21)25)14-8-4-3-5-9-14/h3-12,19,22H,13H2,1-2H3,(H2,21,25)/t19-/m0/s1. The van der Waals surface area contributed by atoms with Crippen LogP contribution in [0.25, 0.3) is 10.9 Å². The summed E-state index contributed by atoms with van der Waals surface area (Å²) in [5, 5.41) is 4.36. The second kappa shape index (κ2) is 7.32. The van der Waals surface area contributed by atoms with Gasteiger partial charge in [0.05, 0.1) is 5.52 Å². The fourth-order valence-corrected chi connectivity index (χ4v) is 2.85. The molecular weight excluding hydrogens is 312 g/mol. The molecule has 0 aliphatic rings. The fraction of sp³-hybridized carbons (Fsp3) is 0.200. The first-order valence-corrected chi connectivity index (χ1v) is 8.20. The molecule has 1 aromatic heterocycles. The Balaban J connectivity index is 1.92. The van der Waals surface area contributed by atoms with Crippen LogP contribution in [0.3, 0.4) is 0 Å². The summed E-state index contributed by atoms with van der Waals surface area (Å²) in [6.45, 7) is 0.520. The molecule has 25 heavy (non-hydrogen) atoms. The van der Waals surface area contributed by atoms with Crippen LogP contribution in [0.5, 0.6) is 0 Å². The van der Waals surface area contributed by atoms with Crippen LogP contribution in [0, 0.1) is 0 Å². The molecule has 0 aliphatic carbocycles. The molecule has 3 N–H and O–H groups in total. The van der Waals surface area contributed by atoms with Crippen molar-refractivity contribution in [3.63, 3.8) is 0 Å². The number of nitrogens with one attached hydrogen (secondary N) is 1. The fourth-order valence-electron chi connectivity index (χ4n) is 2.85. The van der Waals surface area contributed by atoms with Gasteiger partial charge in [0.1, 0.15) is 11.9 Å². The minimum Gasteiger partial charge on any atom is -0.368 e. The zero-order valence-electron chi connectivity index (χ0n) is 14.4. The molecule has 0 aliphatic heterocycles. The summed E-state index contributed by atoms with van der Waals surface area (Å²) in [4.78, 5) is 18.5. The number of anilines is 1. The van der Waals surface area contributed by atoms with Gasteiger partial charge in [0.2, 0.25) is 5.91 Å². The molecule has 0 fully saturated rings. The van der Waals surface area contributed by atoms with E-state index in [9.17, 15) is 4.79 Å². The highest BCUT2D eigenvalue weighted by atomic mass is 16.1. The monoisotopic (exact) mass is 334 g/mol. The van der Waals surface area contributed by atoms with E-state index < -0.39 is 11.9 Å². The summed E-state index contributed by atoms with van der Waals surface area (Å²) < 4.78 is 0. The van der Waals surface area contributed by atoms with Crippen LogP contribution in [-0.2, 0) is 11.3 Å². The number of primary amides is 1. The van der Waals surface area contributed by atoms with E-state index in [1.54, 1.807) is 0 Å². The van der Waals surface area contributed by atoms with Gasteiger partial charge in [-0.3, -0.25) is 10.1 Å². The maximum atomic E-state index is 11.9. The molecule has 1 amide bonds. The van der Waals surface area contributed by atoms with Crippen LogP contribution in [-0.4, -0.2) is 25.0 Å². The van der Waals surface area contributed by atoms with Crippen molar-refractivity contribution < 1.29 is 4.79 Å². The number of nitrogens with two attached hydrogens (primary N) is 1. The number of pyridine rings is 1. The van der Waals surface area contributed by atoms with Gasteiger partial charge >= 0.3 is 0 Å². The van der Waals surface area contributed by atoms with E-state index in [1.807, 2.05) is 79.7 Å². The number of rotatable bonds is 6. The second-order valence-corrected chi connectivity index (χ2v) is 6.18. The molecule has 0 unspecified atom stereocenters. The Kier molecular flexibility index (Phi) is 4.95. The number of nitrogens with zero attached hydrogens (tertiary/aromatic N) is 2. The van der Waals surface area contributed by atoms with Crippen LogP contribution < -0.4 is 16.0 Å². The molecule has 5 nitrogen and oxygen atoms in total. The number of fused-ring (bicyclic) bond motifs is 1. The number of para-hydroxylation sites is 1. The minimum absolute atomic E-state index is 0.391. The van der Waals surface area contributed by atoms with Gasteiger partial charge in [0.25, 0.3) is 0 Å². The zero-order valence-corrected chi connectivity index (χ0v) is 14.4. The number of amides is 1. The summed E-state index contributed by atoms with van der Waals surface area (Å²) in [7, 11) is 3.93. The minimum atomic E-state index is -0.532. The van der Waals surface area contributed by atoms with E-state index in [2.05, 4.69) is 10.3 Å². The third kappa shape index (κ3) is 3.78. The van der Waals surface area contributed by atoms with Crippen molar-refractivity contribution in [2.75, 3.05) is 19.0 Å². The Labute approximate surface area is 147 Å². The summed E-state index contributed by atoms with van der Waals surface area (Å²) in [6, 6.07) is 19.0. The van der Waals surface area contributed by atoms with E-state index in [0.29, 0.717) is 6.54 Å². The van der Waals surface area contributed by atoms with Gasteiger partial charge in [0, 0.05) is 26.0 Å². The first kappa shape index (κ1) is 16.9. The van der Waals surface area contributed by atoms with Gasteiger partial charge in [-0.2, -0.15) is 0 Å². The molecule has 1 heterocycles. The van der Waals surface area contributed by atoms with Crippen molar-refractivity contribution in [3.05, 3.63) is 71.8 Å². The van der Waals surface area contributed by atoms with Crippen molar-refractivity contribution in [2.45, 2.75) is 12.6 Å². The normalized spacial score (nSPS) is 12.1. The maximum Gasteiger partial charge on any atom is 0.239 e. The van der Waals surface area contributed by atoms with Gasteiger partial charge in [-0.1, -0.05) is 48.5 Å². The second-order valence-electron chi connectivity index (χ2n) is 6.18. The number of benzene rings is 2. The molecule has 0 bridgehead atoms. The largest absolute Gasteiger partial charge is 0.368 e. The van der Waals surface area contributed by atoms with E-state index in [-0.39, 0.29) is 0 Å². The predicted octanol–water partition coefficient (Wildman–Crippen LogP) is 2.62. The lowest BCUT2D eigenvalue weighted by atomic mass is 10.0. The zero-order chi connectivity index (χ0) is 17.8. The molecule has 128 valence electrons. The summed E-state index contributed by atoms with van der Waals surface area (Å²) in [5.74, 6) is 0.489. The topological polar surface area (TPSA) is 71.2 Å². The van der Waals surface area contributed by atoms with Crippen molar-refractivity contribution in [1.29, 1.82) is 0 Å². The summed E-state index contributed by atoms with van der Waals surface area (Å²) >= 11 is 0. The first-order valence-electron chi connectivity index (χ1n) is 8.20. The average molecular weight is 334 g/mol. The Bertz CT molecular complexity index is 877. The van der Waals surface area contributed by atoms with Crippen LogP contribution in [0.1, 0.15) is 17.2 Å². The van der Waals surface area contributed by atoms with Crippen molar-refractivity contribution >= 4 is 22.6 Å². The summed E-state index contributed by atoms with van der Waals surface area (Å²) in [6.07, 6.45) is 0. The first-order chi connectivity index (χ1) is 12.1. The lowest BCUT2D eigenvalue weighted by Crippen LogP contribution is -2.33. The summed E-state index contributed by atoms with van der Waals surface area (Å²) in [5.41, 5.74) is 8.48. The van der Waals surface area contributed by atoms with Gasteiger partial charge in [0.15, 0.2) is 0 Å². The lowest BCUT2D eigenvalue weighted by molar-refractivity contribution is -0.120. The molecule has 3 rings (SSSR count). The Morgan fingerprint density at radius 1 is 1.12 bits per heavy atom. The molecule has 0 saturated carbocycles. The van der Waals surface area contributed by atoms with Crippen molar-refractivity contribution in [2.24, 2.45) is 5.73 Å². The van der Waals surface area contributed by atoms with E-state index in [4.69, 9.17) is 5.73 Å². The Hall–Kier alpha value is -2.92. The number of aromatic nitrogens is 1. The van der Waals surface area contributed by atoms with E-state index in [1.165, 1.54) is 0 Å². The van der Waals surface area contributed by atoms with Gasteiger partial charge in [-0.25, -0.2) is 4.98 Å². The van der Waals surface area contributed by atoms with Gasteiger partial charge < -0.3 is 10.6 Å². The van der Waals surface area contributed by atoms with E-state index >= 15 is 0 Å². The smallest absolute Gasteiger partial charge is 0.239 e. The third-order valence-electron chi connectivity index (χ3n) is 4.16. The average Bonchev–Trinajstić information content (AvgIpc) is 2.62. The Morgan fingerprint density at radius 2 is 1.80 bits per heavy atom. The molecule has 5 heteroatoms. The highest BCUT2D eigenvalue weighted by Gasteiger charge is 2.17. The van der Waals surface area contributed by atoms with Crippen LogP contribution >= 0.6 is 0 Å². The maximum absolute atomic E-state index is 11.9. The number of hydrogen-bond acceptors (Lipinski definition) is 4. The highest BCUT2D eigenvalue weighted by Crippen LogP contribution is 2.23. The van der Waals surface area contributed by atoms with Crippen molar-refractivity contribution in [1.82, 2.24) is 10.3 Å².